The molecule has 2 N–H and O–H groups in total. The van der Waals surface area contributed by atoms with Gasteiger partial charge in [-0.15, -0.1) is 11.3 Å². The van der Waals surface area contributed by atoms with Crippen molar-refractivity contribution < 1.29 is 4.74 Å². The van der Waals surface area contributed by atoms with Crippen molar-refractivity contribution in [2.24, 2.45) is 5.73 Å². The summed E-state index contributed by atoms with van der Waals surface area (Å²) in [5, 5.41) is 0. The monoisotopic (exact) mass is 267 g/mol. The molecule has 1 aromatic heterocycles. The minimum atomic E-state index is 0.0557. The molecule has 90 valence electrons. The predicted molar refractivity (Wildman–Crippen MR) is 72.7 cm³/mol. The van der Waals surface area contributed by atoms with Gasteiger partial charge in [-0.05, 0) is 36.8 Å². The number of halogens is 1. The smallest absolute Gasteiger partial charge is 0.122 e. The summed E-state index contributed by atoms with van der Waals surface area (Å²) in [6, 6.07) is 11.8. The van der Waals surface area contributed by atoms with E-state index in [1.165, 1.54) is 11.3 Å². The van der Waals surface area contributed by atoms with Crippen molar-refractivity contribution in [1.82, 2.24) is 0 Å². The van der Waals surface area contributed by atoms with E-state index in [0.29, 0.717) is 6.61 Å². The molecule has 0 aliphatic carbocycles. The van der Waals surface area contributed by atoms with Gasteiger partial charge in [0.15, 0.2) is 0 Å². The molecule has 0 amide bonds. The first-order valence-electron chi connectivity index (χ1n) is 5.37. The normalized spacial score (nSPS) is 12.4. The molecule has 0 saturated carbocycles. The van der Waals surface area contributed by atoms with Gasteiger partial charge in [0.2, 0.25) is 0 Å². The van der Waals surface area contributed by atoms with E-state index in [0.717, 1.165) is 20.5 Å². The van der Waals surface area contributed by atoms with Crippen LogP contribution < -0.4 is 10.5 Å². The van der Waals surface area contributed by atoms with Crippen molar-refractivity contribution in [3.8, 4) is 5.75 Å². The molecule has 2 aromatic rings. The van der Waals surface area contributed by atoms with Crippen molar-refractivity contribution in [3.05, 3.63) is 51.2 Å². The molecule has 0 aliphatic rings. The molecule has 0 radical (unpaired) electrons. The second kappa shape index (κ2) is 5.54. The summed E-state index contributed by atoms with van der Waals surface area (Å²) in [6.45, 7) is 2.51. The first kappa shape index (κ1) is 12.4. The molecular weight excluding hydrogens is 254 g/mol. The summed E-state index contributed by atoms with van der Waals surface area (Å²) in [4.78, 5) is 1.12. The third-order valence-corrected chi connectivity index (χ3v) is 3.62. The van der Waals surface area contributed by atoms with E-state index in [4.69, 9.17) is 22.1 Å². The zero-order valence-electron chi connectivity index (χ0n) is 9.52. The van der Waals surface area contributed by atoms with Crippen molar-refractivity contribution in [1.29, 1.82) is 0 Å². The lowest BCUT2D eigenvalue weighted by molar-refractivity contribution is 0.309. The molecule has 0 bridgehead atoms. The van der Waals surface area contributed by atoms with Gasteiger partial charge in [-0.25, -0.2) is 0 Å². The molecule has 1 heterocycles. The fourth-order valence-corrected chi connectivity index (χ4v) is 2.45. The number of nitrogens with two attached hydrogens (primary N) is 1. The summed E-state index contributed by atoms with van der Waals surface area (Å²) in [5.41, 5.74) is 6.89. The lowest BCUT2D eigenvalue weighted by atomic mass is 10.1. The Labute approximate surface area is 110 Å². The lowest BCUT2D eigenvalue weighted by Gasteiger charge is -2.08. The molecule has 4 heteroatoms. The Morgan fingerprint density at radius 2 is 1.94 bits per heavy atom. The molecule has 1 atom stereocenters. The largest absolute Gasteiger partial charge is 0.488 e. The zero-order chi connectivity index (χ0) is 12.3. The van der Waals surface area contributed by atoms with E-state index < -0.39 is 0 Å². The SMILES string of the molecule is C[C@@H](N)c1ccc(OCc2ccc(Cl)s2)cc1. The molecule has 0 unspecified atom stereocenters. The third kappa shape index (κ3) is 3.46. The second-order valence-corrected chi connectivity index (χ2v) is 5.65. The topological polar surface area (TPSA) is 35.2 Å². The van der Waals surface area contributed by atoms with E-state index >= 15 is 0 Å². The van der Waals surface area contributed by atoms with Crippen LogP contribution in [0.5, 0.6) is 5.75 Å². The quantitative estimate of drug-likeness (QED) is 0.909. The first-order chi connectivity index (χ1) is 8.15. The minimum absolute atomic E-state index is 0.0557. The number of ether oxygens (including phenoxy) is 1. The van der Waals surface area contributed by atoms with Crippen LogP contribution in [0.2, 0.25) is 4.34 Å². The van der Waals surface area contributed by atoms with Crippen LogP contribution in [0.25, 0.3) is 0 Å². The van der Waals surface area contributed by atoms with E-state index in [9.17, 15) is 0 Å². The van der Waals surface area contributed by atoms with E-state index in [-0.39, 0.29) is 6.04 Å². The first-order valence-corrected chi connectivity index (χ1v) is 6.57. The highest BCUT2D eigenvalue weighted by Gasteiger charge is 2.01. The fraction of sp³-hybridized carbons (Fsp3) is 0.231. The van der Waals surface area contributed by atoms with Gasteiger partial charge in [-0.2, -0.15) is 0 Å². The van der Waals surface area contributed by atoms with Crippen molar-refractivity contribution in [2.45, 2.75) is 19.6 Å². The van der Waals surface area contributed by atoms with Gasteiger partial charge in [0.25, 0.3) is 0 Å². The maximum atomic E-state index is 5.85. The van der Waals surface area contributed by atoms with Gasteiger partial charge >= 0.3 is 0 Å². The Bertz CT molecular complexity index is 478. The van der Waals surface area contributed by atoms with Gasteiger partial charge in [0.05, 0.1) is 4.34 Å². The highest BCUT2D eigenvalue weighted by molar-refractivity contribution is 7.16. The molecule has 2 rings (SSSR count). The minimum Gasteiger partial charge on any atom is -0.488 e. The molecule has 0 aliphatic heterocycles. The van der Waals surface area contributed by atoms with Crippen molar-refractivity contribution in [3.63, 3.8) is 0 Å². The molecule has 17 heavy (non-hydrogen) atoms. The van der Waals surface area contributed by atoms with Gasteiger partial charge in [-0.3, -0.25) is 0 Å². The Morgan fingerprint density at radius 3 is 2.47 bits per heavy atom. The fourth-order valence-electron chi connectivity index (χ4n) is 1.45. The van der Waals surface area contributed by atoms with Crippen molar-refractivity contribution >= 4 is 22.9 Å². The summed E-state index contributed by atoms with van der Waals surface area (Å²) in [7, 11) is 0. The number of thiophene rings is 1. The van der Waals surface area contributed by atoms with Crippen molar-refractivity contribution in [2.75, 3.05) is 0 Å². The molecular formula is C13H14ClNOS. The van der Waals surface area contributed by atoms with Gasteiger partial charge in [-0.1, -0.05) is 23.7 Å². The molecule has 1 aromatic carbocycles. The zero-order valence-corrected chi connectivity index (χ0v) is 11.1. The maximum Gasteiger partial charge on any atom is 0.122 e. The molecule has 0 spiro atoms. The Kier molecular flexibility index (Phi) is 4.05. The van der Waals surface area contributed by atoms with Crippen LogP contribution in [0.1, 0.15) is 23.4 Å². The maximum absolute atomic E-state index is 5.85. The van der Waals surface area contributed by atoms with Crippen LogP contribution >= 0.6 is 22.9 Å². The highest BCUT2D eigenvalue weighted by atomic mass is 35.5. The number of benzene rings is 1. The Hall–Kier alpha value is -1.03. The standard InChI is InChI=1S/C13H14ClNOS/c1-9(15)10-2-4-11(5-3-10)16-8-12-6-7-13(14)17-12/h2-7,9H,8,15H2,1H3/t9-/m1/s1. The van der Waals surface area contributed by atoms with Gasteiger partial charge in [0.1, 0.15) is 12.4 Å². The molecule has 0 fully saturated rings. The van der Waals surface area contributed by atoms with Gasteiger partial charge in [0, 0.05) is 10.9 Å². The summed E-state index contributed by atoms with van der Waals surface area (Å²) < 4.78 is 6.44. The van der Waals surface area contributed by atoms with Gasteiger partial charge < -0.3 is 10.5 Å². The summed E-state index contributed by atoms with van der Waals surface area (Å²) >= 11 is 7.38. The molecule has 0 saturated heterocycles. The average molecular weight is 268 g/mol. The summed E-state index contributed by atoms with van der Waals surface area (Å²) in [6.07, 6.45) is 0. The van der Waals surface area contributed by atoms with E-state index in [1.807, 2.05) is 43.3 Å². The number of hydrogen-bond acceptors (Lipinski definition) is 3. The Morgan fingerprint density at radius 1 is 1.24 bits per heavy atom. The van der Waals surface area contributed by atoms with Crippen LogP contribution in [0.15, 0.2) is 36.4 Å². The summed E-state index contributed by atoms with van der Waals surface area (Å²) in [5.74, 6) is 0.846. The average Bonchev–Trinajstić information content (AvgIpc) is 2.73. The molecule has 2 nitrogen and oxygen atoms in total. The Balaban J connectivity index is 1.95. The van der Waals surface area contributed by atoms with Crippen LogP contribution in [0.3, 0.4) is 0 Å². The predicted octanol–water partition coefficient (Wildman–Crippen LogP) is 4.00. The van der Waals surface area contributed by atoms with Crippen LogP contribution in [0, 0.1) is 0 Å². The lowest BCUT2D eigenvalue weighted by Crippen LogP contribution is -2.04. The van der Waals surface area contributed by atoms with Crippen LogP contribution in [-0.4, -0.2) is 0 Å². The van der Waals surface area contributed by atoms with Crippen LogP contribution in [0.4, 0.5) is 0 Å². The van der Waals surface area contributed by atoms with E-state index in [1.54, 1.807) is 0 Å². The van der Waals surface area contributed by atoms with Crippen LogP contribution in [-0.2, 0) is 6.61 Å². The third-order valence-electron chi connectivity index (χ3n) is 2.42. The number of rotatable bonds is 4. The van der Waals surface area contributed by atoms with E-state index in [2.05, 4.69) is 0 Å². The highest BCUT2D eigenvalue weighted by Crippen LogP contribution is 2.23. The number of hydrogen-bond donors (Lipinski definition) is 1. The second-order valence-electron chi connectivity index (χ2n) is 3.85.